The van der Waals surface area contributed by atoms with E-state index in [1.54, 1.807) is 6.07 Å². The van der Waals surface area contributed by atoms with Crippen LogP contribution < -0.4 is 0 Å². The van der Waals surface area contributed by atoms with E-state index in [1.165, 1.54) is 0 Å². The van der Waals surface area contributed by atoms with Crippen molar-refractivity contribution in [2.45, 2.75) is 58.0 Å². The van der Waals surface area contributed by atoms with Crippen LogP contribution in [-0.2, 0) is 10.2 Å². The van der Waals surface area contributed by atoms with Gasteiger partial charge in [0.2, 0.25) is 0 Å². The number of halogens is 2. The quantitative estimate of drug-likeness (QED) is 0.647. The van der Waals surface area contributed by atoms with Crippen LogP contribution in [0.4, 0.5) is 4.79 Å². The van der Waals surface area contributed by atoms with Gasteiger partial charge in [-0.05, 0) is 69.2 Å². The Labute approximate surface area is 148 Å². The van der Waals surface area contributed by atoms with Crippen molar-refractivity contribution in [3.05, 3.63) is 33.8 Å². The summed E-state index contributed by atoms with van der Waals surface area (Å²) in [6, 6.07) is 5.72. The summed E-state index contributed by atoms with van der Waals surface area (Å²) in [5.74, 6) is 0. The van der Waals surface area contributed by atoms with Crippen molar-refractivity contribution >= 4 is 29.3 Å². The van der Waals surface area contributed by atoms with Crippen molar-refractivity contribution in [3.8, 4) is 0 Å². The molecule has 0 bridgehead atoms. The standard InChI is InChI=1S/C18H25Cl2NO2/c1-17(2,3)23-16(22)21-8-5-6-18(4,7-9-21)13-10-14(19)12-15(20)11-13/h10-12H,5-9H2,1-4H3. The predicted octanol–water partition coefficient (Wildman–Crippen LogP) is 5.67. The number of rotatable bonds is 1. The van der Waals surface area contributed by atoms with Crippen LogP contribution >= 0.6 is 23.2 Å². The first-order valence-electron chi connectivity index (χ1n) is 8.04. The normalized spacial score (nSPS) is 22.6. The topological polar surface area (TPSA) is 29.5 Å². The van der Waals surface area contributed by atoms with Crippen molar-refractivity contribution in [1.29, 1.82) is 0 Å². The third-order valence-corrected chi connectivity index (χ3v) is 4.74. The lowest BCUT2D eigenvalue weighted by Crippen LogP contribution is -2.37. The second-order valence-corrected chi connectivity index (χ2v) is 8.41. The summed E-state index contributed by atoms with van der Waals surface area (Å²) in [5, 5.41) is 1.31. The van der Waals surface area contributed by atoms with Crippen LogP contribution in [0.25, 0.3) is 0 Å². The predicted molar refractivity (Wildman–Crippen MR) is 95.5 cm³/mol. The van der Waals surface area contributed by atoms with Gasteiger partial charge in [-0.3, -0.25) is 0 Å². The largest absolute Gasteiger partial charge is 0.444 e. The Bertz CT molecular complexity index is 563. The first-order valence-corrected chi connectivity index (χ1v) is 8.79. The van der Waals surface area contributed by atoms with E-state index in [1.807, 2.05) is 37.8 Å². The fourth-order valence-electron chi connectivity index (χ4n) is 2.98. The Hall–Kier alpha value is -0.930. The summed E-state index contributed by atoms with van der Waals surface area (Å²) in [5.41, 5.74) is 0.638. The summed E-state index contributed by atoms with van der Waals surface area (Å²) < 4.78 is 5.49. The molecular formula is C18H25Cl2NO2. The van der Waals surface area contributed by atoms with Gasteiger partial charge in [0.15, 0.2) is 0 Å². The molecule has 1 saturated heterocycles. The average Bonchev–Trinajstić information content (AvgIpc) is 2.59. The molecule has 0 aliphatic carbocycles. The maximum Gasteiger partial charge on any atom is 0.410 e. The lowest BCUT2D eigenvalue weighted by Gasteiger charge is -2.30. The van der Waals surface area contributed by atoms with Crippen LogP contribution in [0.3, 0.4) is 0 Å². The highest BCUT2D eigenvalue weighted by molar-refractivity contribution is 6.34. The Balaban J connectivity index is 2.12. The number of carbonyl (C=O) groups is 1. The van der Waals surface area contributed by atoms with Gasteiger partial charge in [-0.25, -0.2) is 4.79 Å². The van der Waals surface area contributed by atoms with E-state index < -0.39 is 5.60 Å². The molecule has 0 N–H and O–H groups in total. The highest BCUT2D eigenvalue weighted by Crippen LogP contribution is 2.37. The van der Waals surface area contributed by atoms with Crippen molar-refractivity contribution in [3.63, 3.8) is 0 Å². The first kappa shape index (κ1) is 18.4. The minimum atomic E-state index is -0.465. The first-order chi connectivity index (χ1) is 10.6. The second kappa shape index (κ2) is 6.90. The van der Waals surface area contributed by atoms with Crippen LogP contribution in [0.15, 0.2) is 18.2 Å². The third-order valence-electron chi connectivity index (χ3n) is 4.30. The van der Waals surface area contributed by atoms with Gasteiger partial charge in [0.25, 0.3) is 0 Å². The van der Waals surface area contributed by atoms with Gasteiger partial charge in [0, 0.05) is 23.1 Å². The molecule has 1 aliphatic rings. The van der Waals surface area contributed by atoms with Crippen molar-refractivity contribution < 1.29 is 9.53 Å². The minimum absolute atomic E-state index is 0.0364. The molecular weight excluding hydrogens is 333 g/mol. The van der Waals surface area contributed by atoms with Crippen LogP contribution in [0.1, 0.15) is 52.5 Å². The lowest BCUT2D eigenvalue weighted by molar-refractivity contribution is 0.0254. The monoisotopic (exact) mass is 357 g/mol. The van der Waals surface area contributed by atoms with Crippen molar-refractivity contribution in [1.82, 2.24) is 4.90 Å². The van der Waals surface area contributed by atoms with E-state index in [0.29, 0.717) is 16.6 Å². The Kier molecular flexibility index (Phi) is 5.52. The van der Waals surface area contributed by atoms with E-state index in [4.69, 9.17) is 27.9 Å². The van der Waals surface area contributed by atoms with Gasteiger partial charge in [-0.15, -0.1) is 0 Å². The molecule has 1 fully saturated rings. The number of nitrogens with zero attached hydrogens (tertiary/aromatic N) is 1. The molecule has 1 heterocycles. The van der Waals surface area contributed by atoms with Crippen LogP contribution in [0.2, 0.25) is 10.0 Å². The molecule has 1 unspecified atom stereocenters. The van der Waals surface area contributed by atoms with Crippen LogP contribution in [0.5, 0.6) is 0 Å². The van der Waals surface area contributed by atoms with Crippen LogP contribution in [0, 0.1) is 0 Å². The molecule has 1 aliphatic heterocycles. The molecule has 5 heteroatoms. The number of hydrogen-bond donors (Lipinski definition) is 0. The summed E-state index contributed by atoms with van der Waals surface area (Å²) in [6.07, 6.45) is 2.55. The number of benzene rings is 1. The van der Waals surface area contributed by atoms with Gasteiger partial charge < -0.3 is 9.64 Å². The Morgan fingerprint density at radius 1 is 1.13 bits per heavy atom. The van der Waals surface area contributed by atoms with Gasteiger partial charge in [-0.2, -0.15) is 0 Å². The summed E-state index contributed by atoms with van der Waals surface area (Å²) in [6.45, 7) is 9.28. The molecule has 1 atom stereocenters. The smallest absolute Gasteiger partial charge is 0.410 e. The maximum atomic E-state index is 12.3. The highest BCUT2D eigenvalue weighted by Gasteiger charge is 2.32. The Morgan fingerprint density at radius 2 is 1.74 bits per heavy atom. The highest BCUT2D eigenvalue weighted by atomic mass is 35.5. The second-order valence-electron chi connectivity index (χ2n) is 7.54. The molecule has 1 aromatic carbocycles. The zero-order chi connectivity index (χ0) is 17.3. The fraction of sp³-hybridized carbons (Fsp3) is 0.611. The molecule has 23 heavy (non-hydrogen) atoms. The van der Waals surface area contributed by atoms with E-state index in [-0.39, 0.29) is 11.5 Å². The molecule has 128 valence electrons. The molecule has 0 spiro atoms. The van der Waals surface area contributed by atoms with E-state index in [2.05, 4.69) is 6.92 Å². The van der Waals surface area contributed by atoms with Gasteiger partial charge in [0.05, 0.1) is 0 Å². The fourth-order valence-corrected chi connectivity index (χ4v) is 3.50. The van der Waals surface area contributed by atoms with Gasteiger partial charge in [0.1, 0.15) is 5.60 Å². The molecule has 0 aromatic heterocycles. The third kappa shape index (κ3) is 5.02. The molecule has 1 aromatic rings. The number of carbonyl (C=O) groups excluding carboxylic acids is 1. The van der Waals surface area contributed by atoms with Gasteiger partial charge in [-0.1, -0.05) is 30.1 Å². The molecule has 1 amide bonds. The molecule has 3 nitrogen and oxygen atoms in total. The zero-order valence-corrected chi connectivity index (χ0v) is 15.8. The number of ether oxygens (including phenoxy) is 1. The van der Waals surface area contributed by atoms with Crippen molar-refractivity contribution in [2.75, 3.05) is 13.1 Å². The average molecular weight is 358 g/mol. The number of amides is 1. The van der Waals surface area contributed by atoms with Crippen molar-refractivity contribution in [2.24, 2.45) is 0 Å². The zero-order valence-electron chi connectivity index (χ0n) is 14.3. The number of hydrogen-bond acceptors (Lipinski definition) is 2. The minimum Gasteiger partial charge on any atom is -0.444 e. The maximum absolute atomic E-state index is 12.3. The van der Waals surface area contributed by atoms with E-state index in [9.17, 15) is 4.79 Å². The van der Waals surface area contributed by atoms with Gasteiger partial charge >= 0.3 is 6.09 Å². The lowest BCUT2D eigenvalue weighted by atomic mass is 9.76. The molecule has 0 radical (unpaired) electrons. The SMILES string of the molecule is CC(C)(C)OC(=O)N1CCCC(C)(c2cc(Cl)cc(Cl)c2)CC1. The summed E-state index contributed by atoms with van der Waals surface area (Å²) in [7, 11) is 0. The number of likely N-dealkylation sites (tertiary alicyclic amines) is 1. The molecule has 2 rings (SSSR count). The van der Waals surface area contributed by atoms with Crippen LogP contribution in [-0.4, -0.2) is 29.7 Å². The summed E-state index contributed by atoms with van der Waals surface area (Å²) in [4.78, 5) is 14.1. The summed E-state index contributed by atoms with van der Waals surface area (Å²) >= 11 is 12.3. The Morgan fingerprint density at radius 3 is 2.30 bits per heavy atom. The van der Waals surface area contributed by atoms with E-state index in [0.717, 1.165) is 31.4 Å². The van der Waals surface area contributed by atoms with E-state index >= 15 is 0 Å². The molecule has 0 saturated carbocycles.